The minimum atomic E-state index is -3.70. The predicted octanol–water partition coefficient (Wildman–Crippen LogP) is 2.56. The number of amides is 1. The molecule has 0 unspecified atom stereocenters. The summed E-state index contributed by atoms with van der Waals surface area (Å²) in [5, 5.41) is 3.67. The largest absolute Gasteiger partial charge is 0.486 e. The van der Waals surface area contributed by atoms with Gasteiger partial charge in [0, 0.05) is 23.9 Å². The number of ether oxygens (including phenoxy) is 2. The number of hydrogen-bond donors (Lipinski definition) is 1. The normalized spacial score (nSPS) is 14.8. The Balaban J connectivity index is 1.94. The molecule has 1 N–H and O–H groups in total. The van der Waals surface area contributed by atoms with E-state index >= 15 is 0 Å². The molecule has 1 aromatic carbocycles. The van der Waals surface area contributed by atoms with Crippen molar-refractivity contribution in [3.63, 3.8) is 0 Å². The molecule has 0 radical (unpaired) electrons. The van der Waals surface area contributed by atoms with Crippen LogP contribution in [0, 0.1) is 0 Å². The van der Waals surface area contributed by atoms with Crippen molar-refractivity contribution in [1.82, 2.24) is 5.32 Å². The predicted molar refractivity (Wildman–Crippen MR) is 95.0 cm³/mol. The zero-order valence-electron chi connectivity index (χ0n) is 13.7. The van der Waals surface area contributed by atoms with Gasteiger partial charge in [-0.05, 0) is 23.6 Å². The molecule has 0 spiro atoms. The number of hydrogen-bond acceptors (Lipinski definition) is 6. The van der Waals surface area contributed by atoms with Crippen molar-refractivity contribution in [2.45, 2.75) is 23.5 Å². The van der Waals surface area contributed by atoms with E-state index in [9.17, 15) is 13.2 Å². The van der Waals surface area contributed by atoms with Crippen molar-refractivity contribution in [3.8, 4) is 11.5 Å². The molecule has 3 rings (SSSR count). The molecule has 1 aromatic heterocycles. The smallest absolute Gasteiger partial charge is 0.219 e. The van der Waals surface area contributed by atoms with Crippen LogP contribution in [0.5, 0.6) is 11.5 Å². The summed E-state index contributed by atoms with van der Waals surface area (Å²) in [4.78, 5) is 12.4. The molecule has 0 aliphatic carbocycles. The molecule has 1 atom stereocenters. The maximum absolute atomic E-state index is 13.2. The number of carbonyl (C=O) groups is 1. The van der Waals surface area contributed by atoms with Gasteiger partial charge < -0.3 is 14.8 Å². The number of carbonyl (C=O) groups excluding carboxylic acids is 1. The van der Waals surface area contributed by atoms with E-state index in [2.05, 4.69) is 5.32 Å². The number of thiophene rings is 1. The Morgan fingerprint density at radius 3 is 2.68 bits per heavy atom. The minimum absolute atomic E-state index is 0.0317. The van der Waals surface area contributed by atoms with Crippen molar-refractivity contribution < 1.29 is 22.7 Å². The van der Waals surface area contributed by atoms with Crippen molar-refractivity contribution in [1.29, 1.82) is 0 Å². The molecule has 0 saturated heterocycles. The van der Waals surface area contributed by atoms with Crippen LogP contribution in [0.25, 0.3) is 0 Å². The van der Waals surface area contributed by atoms with Crippen LogP contribution in [0.2, 0.25) is 0 Å². The highest BCUT2D eigenvalue weighted by molar-refractivity contribution is 7.91. The molecule has 1 aliphatic rings. The zero-order valence-corrected chi connectivity index (χ0v) is 15.4. The molecular weight excluding hydrogens is 362 g/mol. The second-order valence-corrected chi connectivity index (χ2v) is 8.62. The van der Waals surface area contributed by atoms with Gasteiger partial charge in [0.1, 0.15) is 18.5 Å². The number of benzene rings is 1. The fourth-order valence-corrected chi connectivity index (χ4v) is 5.33. The Kier molecular flexibility index (Phi) is 5.29. The van der Waals surface area contributed by atoms with Gasteiger partial charge in [-0.15, -0.1) is 11.3 Å². The van der Waals surface area contributed by atoms with Crippen LogP contribution in [-0.4, -0.2) is 34.1 Å². The third-order valence-electron chi connectivity index (χ3n) is 3.88. The van der Waals surface area contributed by atoms with Gasteiger partial charge in [-0.1, -0.05) is 13.0 Å². The summed E-state index contributed by atoms with van der Waals surface area (Å²) in [6.07, 6.45) is 0.307. The molecule has 0 bridgehead atoms. The van der Waals surface area contributed by atoms with Crippen molar-refractivity contribution in [2.24, 2.45) is 0 Å². The van der Waals surface area contributed by atoms with Gasteiger partial charge in [0.2, 0.25) is 5.91 Å². The number of nitrogens with one attached hydrogen (secondary N) is 1. The van der Waals surface area contributed by atoms with Crippen LogP contribution in [0.4, 0.5) is 0 Å². The number of rotatable bonds is 6. The summed E-state index contributed by atoms with van der Waals surface area (Å²) in [5.41, 5.74) is 0. The summed E-state index contributed by atoms with van der Waals surface area (Å²) in [6.45, 7) is 2.59. The van der Waals surface area contributed by atoms with Crippen LogP contribution in [0.3, 0.4) is 0 Å². The maximum atomic E-state index is 13.2. The first kappa shape index (κ1) is 17.8. The fourth-order valence-electron chi connectivity index (χ4n) is 2.53. The molecule has 8 heteroatoms. The zero-order chi connectivity index (χ0) is 17.9. The third-order valence-corrected chi connectivity index (χ3v) is 7.10. The maximum Gasteiger partial charge on any atom is 0.219 e. The fraction of sp³-hybridized carbons (Fsp3) is 0.353. The van der Waals surface area contributed by atoms with E-state index in [1.54, 1.807) is 25.1 Å². The highest BCUT2D eigenvalue weighted by Crippen LogP contribution is 2.37. The molecule has 25 heavy (non-hydrogen) atoms. The minimum Gasteiger partial charge on any atom is -0.486 e. The van der Waals surface area contributed by atoms with Gasteiger partial charge in [-0.3, -0.25) is 4.79 Å². The van der Waals surface area contributed by atoms with Crippen molar-refractivity contribution in [3.05, 3.63) is 40.6 Å². The van der Waals surface area contributed by atoms with Crippen LogP contribution in [0.1, 0.15) is 23.5 Å². The Bertz CT molecular complexity index is 846. The van der Waals surface area contributed by atoms with E-state index in [1.165, 1.54) is 23.5 Å². The summed E-state index contributed by atoms with van der Waals surface area (Å²) in [6, 6.07) is 8.19. The summed E-state index contributed by atoms with van der Waals surface area (Å²) >= 11 is 1.35. The van der Waals surface area contributed by atoms with Crippen LogP contribution >= 0.6 is 11.3 Å². The lowest BCUT2D eigenvalue weighted by Crippen LogP contribution is -2.31. The molecule has 6 nitrogen and oxygen atoms in total. The van der Waals surface area contributed by atoms with Crippen LogP contribution in [0.15, 0.2) is 40.6 Å². The number of sulfone groups is 1. The lowest BCUT2D eigenvalue weighted by Gasteiger charge is -2.21. The first-order valence-electron chi connectivity index (χ1n) is 7.96. The van der Waals surface area contributed by atoms with Gasteiger partial charge in [0.15, 0.2) is 21.3 Å². The van der Waals surface area contributed by atoms with E-state index in [4.69, 9.17) is 9.47 Å². The van der Waals surface area contributed by atoms with E-state index < -0.39 is 15.1 Å². The third kappa shape index (κ3) is 3.80. The standard InChI is InChI=1S/C17H19NO5S2/c1-2-17(19)18-11-16(15-4-3-9-24-15)25(20,21)12-5-6-13-14(10-12)23-8-7-22-13/h3-6,9-10,16H,2,7-8,11H2,1H3,(H,18,19)/t16-/m1/s1. The van der Waals surface area contributed by atoms with Gasteiger partial charge in [-0.25, -0.2) is 8.42 Å². The first-order valence-corrected chi connectivity index (χ1v) is 10.4. The average Bonchev–Trinajstić information content (AvgIpc) is 3.15. The molecule has 0 fully saturated rings. The average molecular weight is 381 g/mol. The molecule has 0 saturated carbocycles. The Morgan fingerprint density at radius 1 is 1.24 bits per heavy atom. The summed E-state index contributed by atoms with van der Waals surface area (Å²) < 4.78 is 37.3. The molecule has 2 heterocycles. The van der Waals surface area contributed by atoms with Crippen molar-refractivity contribution in [2.75, 3.05) is 19.8 Å². The van der Waals surface area contributed by atoms with Crippen LogP contribution in [-0.2, 0) is 14.6 Å². The Morgan fingerprint density at radius 2 is 2.00 bits per heavy atom. The molecule has 1 aliphatic heterocycles. The molecular formula is C17H19NO5S2. The summed E-state index contributed by atoms with van der Waals surface area (Å²) in [5.74, 6) is 0.783. The Hall–Kier alpha value is -2.06. The van der Waals surface area contributed by atoms with Crippen LogP contribution < -0.4 is 14.8 Å². The second kappa shape index (κ2) is 7.45. The molecule has 134 valence electrons. The van der Waals surface area contributed by atoms with Gasteiger partial charge in [-0.2, -0.15) is 0 Å². The molecule has 1 amide bonds. The van der Waals surface area contributed by atoms with E-state index in [1.807, 2.05) is 5.38 Å². The number of fused-ring (bicyclic) bond motifs is 1. The Labute approximate surface area is 150 Å². The van der Waals surface area contributed by atoms with Gasteiger partial charge in [0.05, 0.1) is 4.90 Å². The SMILES string of the molecule is CCC(=O)NC[C@H](c1cccs1)S(=O)(=O)c1ccc2c(c1)OCCO2. The van der Waals surface area contributed by atoms with Crippen molar-refractivity contribution >= 4 is 27.1 Å². The second-order valence-electron chi connectivity index (χ2n) is 5.51. The van der Waals surface area contributed by atoms with E-state index in [-0.39, 0.29) is 17.3 Å². The molecule has 2 aromatic rings. The first-order chi connectivity index (χ1) is 12.0. The lowest BCUT2D eigenvalue weighted by atomic mass is 10.3. The van der Waals surface area contributed by atoms with Gasteiger partial charge in [0.25, 0.3) is 0 Å². The summed E-state index contributed by atoms with van der Waals surface area (Å²) in [7, 11) is -3.70. The van der Waals surface area contributed by atoms with E-state index in [0.717, 1.165) is 0 Å². The topological polar surface area (TPSA) is 81.7 Å². The van der Waals surface area contributed by atoms with Gasteiger partial charge >= 0.3 is 0 Å². The quantitative estimate of drug-likeness (QED) is 0.832. The highest BCUT2D eigenvalue weighted by Gasteiger charge is 2.31. The highest BCUT2D eigenvalue weighted by atomic mass is 32.2. The monoisotopic (exact) mass is 381 g/mol. The van der Waals surface area contributed by atoms with E-state index in [0.29, 0.717) is 36.0 Å². The lowest BCUT2D eigenvalue weighted by molar-refractivity contribution is -0.120.